The van der Waals surface area contributed by atoms with Crippen LogP contribution in [0.5, 0.6) is 0 Å². The summed E-state index contributed by atoms with van der Waals surface area (Å²) in [5.74, 6) is 1.80. The van der Waals surface area contributed by atoms with Gasteiger partial charge in [0.05, 0.1) is 0 Å². The van der Waals surface area contributed by atoms with Crippen LogP contribution in [0.4, 0.5) is 0 Å². The summed E-state index contributed by atoms with van der Waals surface area (Å²) >= 11 is 0. The third kappa shape index (κ3) is 1.57. The monoisotopic (exact) mass is 187 g/mol. The summed E-state index contributed by atoms with van der Waals surface area (Å²) in [7, 11) is 0. The zero-order valence-corrected chi connectivity index (χ0v) is 8.50. The molecule has 1 heteroatoms. The van der Waals surface area contributed by atoms with E-state index in [1.807, 2.05) is 0 Å². The Labute approximate surface area is 85.5 Å². The van der Waals surface area contributed by atoms with E-state index in [0.29, 0.717) is 0 Å². The Bertz CT molecular complexity index is 324. The van der Waals surface area contributed by atoms with Crippen LogP contribution in [-0.4, -0.2) is 13.1 Å². The van der Waals surface area contributed by atoms with E-state index in [1.54, 1.807) is 11.1 Å². The molecule has 1 saturated heterocycles. The summed E-state index contributed by atoms with van der Waals surface area (Å²) in [5, 5.41) is 3.35. The topological polar surface area (TPSA) is 12.0 Å². The average Bonchev–Trinajstić information content (AvgIpc) is 2.95. The van der Waals surface area contributed by atoms with Crippen LogP contribution in [0, 0.1) is 5.92 Å². The lowest BCUT2D eigenvalue weighted by molar-refractivity contribution is 0.346. The summed E-state index contributed by atoms with van der Waals surface area (Å²) < 4.78 is 0. The summed E-state index contributed by atoms with van der Waals surface area (Å²) in [5.41, 5.74) is 3.25. The first-order chi connectivity index (χ1) is 6.93. The van der Waals surface area contributed by atoms with Crippen molar-refractivity contribution in [3.05, 3.63) is 35.4 Å². The molecule has 1 aromatic rings. The van der Waals surface area contributed by atoms with Gasteiger partial charge in [-0.1, -0.05) is 24.3 Å². The van der Waals surface area contributed by atoms with Crippen LogP contribution >= 0.6 is 0 Å². The van der Waals surface area contributed by atoms with Crippen molar-refractivity contribution in [3.63, 3.8) is 0 Å². The van der Waals surface area contributed by atoms with Crippen molar-refractivity contribution in [1.29, 1.82) is 0 Å². The minimum absolute atomic E-state index is 0.898. The van der Waals surface area contributed by atoms with Crippen LogP contribution in [0.3, 0.4) is 0 Å². The van der Waals surface area contributed by atoms with Crippen molar-refractivity contribution in [3.8, 4) is 0 Å². The predicted octanol–water partition coefficient (Wildman–Crippen LogP) is 2.33. The first-order valence-corrected chi connectivity index (χ1v) is 5.72. The zero-order valence-electron chi connectivity index (χ0n) is 8.50. The van der Waals surface area contributed by atoms with Gasteiger partial charge < -0.3 is 5.32 Å². The lowest BCUT2D eigenvalue weighted by Crippen LogP contribution is -2.43. The van der Waals surface area contributed by atoms with Crippen molar-refractivity contribution in [2.75, 3.05) is 13.1 Å². The van der Waals surface area contributed by atoms with Gasteiger partial charge in [0, 0.05) is 0 Å². The molecule has 2 aliphatic rings. The van der Waals surface area contributed by atoms with Gasteiger partial charge in [-0.3, -0.25) is 0 Å². The third-order valence-electron chi connectivity index (χ3n) is 3.45. The Morgan fingerprint density at radius 2 is 1.93 bits per heavy atom. The maximum absolute atomic E-state index is 3.35. The SMILES string of the molecule is c1ccc(C2CC2)c(CC2CNC2)c1. The quantitative estimate of drug-likeness (QED) is 0.765. The Morgan fingerprint density at radius 1 is 1.14 bits per heavy atom. The summed E-state index contributed by atoms with van der Waals surface area (Å²) in [6.45, 7) is 2.44. The van der Waals surface area contributed by atoms with E-state index in [0.717, 1.165) is 11.8 Å². The highest BCUT2D eigenvalue weighted by molar-refractivity contribution is 5.33. The molecule has 74 valence electrons. The average molecular weight is 187 g/mol. The van der Waals surface area contributed by atoms with Crippen molar-refractivity contribution in [1.82, 2.24) is 5.32 Å². The zero-order chi connectivity index (χ0) is 9.38. The fourth-order valence-electron chi connectivity index (χ4n) is 2.32. The Morgan fingerprint density at radius 3 is 2.57 bits per heavy atom. The normalized spacial score (nSPS) is 22.0. The second kappa shape index (κ2) is 3.39. The van der Waals surface area contributed by atoms with E-state index in [1.165, 1.54) is 32.4 Å². The molecule has 0 bridgehead atoms. The van der Waals surface area contributed by atoms with E-state index in [-0.39, 0.29) is 0 Å². The minimum atomic E-state index is 0.898. The van der Waals surface area contributed by atoms with Crippen LogP contribution in [0.2, 0.25) is 0 Å². The number of hydrogen-bond acceptors (Lipinski definition) is 1. The maximum atomic E-state index is 3.35. The molecular formula is C13H17N. The molecule has 3 rings (SSSR count). The first-order valence-electron chi connectivity index (χ1n) is 5.72. The van der Waals surface area contributed by atoms with E-state index in [9.17, 15) is 0 Å². The maximum Gasteiger partial charge on any atom is -0.000506 e. The summed E-state index contributed by atoms with van der Waals surface area (Å²) in [4.78, 5) is 0. The largest absolute Gasteiger partial charge is 0.316 e. The molecule has 0 radical (unpaired) electrons. The van der Waals surface area contributed by atoms with Gasteiger partial charge in [-0.05, 0) is 55.3 Å². The third-order valence-corrected chi connectivity index (χ3v) is 3.45. The van der Waals surface area contributed by atoms with Crippen molar-refractivity contribution < 1.29 is 0 Å². The van der Waals surface area contributed by atoms with Crippen LogP contribution in [-0.2, 0) is 6.42 Å². The van der Waals surface area contributed by atoms with Gasteiger partial charge in [0.15, 0.2) is 0 Å². The molecule has 0 atom stereocenters. The second-order valence-corrected chi connectivity index (χ2v) is 4.70. The van der Waals surface area contributed by atoms with Crippen LogP contribution in [0.25, 0.3) is 0 Å². The Hall–Kier alpha value is -0.820. The molecule has 1 aliphatic heterocycles. The van der Waals surface area contributed by atoms with Crippen LogP contribution < -0.4 is 5.32 Å². The van der Waals surface area contributed by atoms with E-state index < -0.39 is 0 Å². The fourth-order valence-corrected chi connectivity index (χ4v) is 2.32. The Balaban J connectivity index is 1.79. The molecule has 0 unspecified atom stereocenters. The number of benzene rings is 1. The number of nitrogens with one attached hydrogen (secondary N) is 1. The molecule has 0 aromatic heterocycles. The highest BCUT2D eigenvalue weighted by atomic mass is 14.9. The van der Waals surface area contributed by atoms with Crippen LogP contribution in [0.15, 0.2) is 24.3 Å². The van der Waals surface area contributed by atoms with Gasteiger partial charge in [-0.2, -0.15) is 0 Å². The fraction of sp³-hybridized carbons (Fsp3) is 0.538. The van der Waals surface area contributed by atoms with Crippen molar-refractivity contribution in [2.24, 2.45) is 5.92 Å². The smallest absolute Gasteiger partial charge is 0.000506 e. The van der Waals surface area contributed by atoms with Gasteiger partial charge in [0.25, 0.3) is 0 Å². The molecule has 1 nitrogen and oxygen atoms in total. The molecule has 14 heavy (non-hydrogen) atoms. The predicted molar refractivity (Wildman–Crippen MR) is 58.5 cm³/mol. The van der Waals surface area contributed by atoms with Crippen molar-refractivity contribution >= 4 is 0 Å². The standard InChI is InChI=1S/C13H17N/c1-2-4-13(11-5-6-11)12(3-1)7-10-8-14-9-10/h1-4,10-11,14H,5-9H2. The van der Waals surface area contributed by atoms with E-state index >= 15 is 0 Å². The molecule has 0 amide bonds. The van der Waals surface area contributed by atoms with Gasteiger partial charge in [-0.15, -0.1) is 0 Å². The van der Waals surface area contributed by atoms with Gasteiger partial charge in [-0.25, -0.2) is 0 Å². The number of hydrogen-bond donors (Lipinski definition) is 1. The second-order valence-electron chi connectivity index (χ2n) is 4.70. The number of rotatable bonds is 3. The molecule has 1 saturated carbocycles. The van der Waals surface area contributed by atoms with E-state index in [2.05, 4.69) is 29.6 Å². The van der Waals surface area contributed by atoms with Gasteiger partial charge in [0.1, 0.15) is 0 Å². The first kappa shape index (κ1) is 8.49. The van der Waals surface area contributed by atoms with E-state index in [4.69, 9.17) is 0 Å². The molecular weight excluding hydrogens is 170 g/mol. The molecule has 1 aliphatic carbocycles. The lowest BCUT2D eigenvalue weighted by atomic mass is 9.90. The van der Waals surface area contributed by atoms with Gasteiger partial charge >= 0.3 is 0 Å². The minimum Gasteiger partial charge on any atom is -0.316 e. The van der Waals surface area contributed by atoms with Crippen molar-refractivity contribution in [2.45, 2.75) is 25.2 Å². The molecule has 2 fully saturated rings. The summed E-state index contributed by atoms with van der Waals surface area (Å²) in [6, 6.07) is 9.04. The Kier molecular flexibility index (Phi) is 2.06. The molecule has 1 N–H and O–H groups in total. The highest BCUT2D eigenvalue weighted by Gasteiger charge is 2.27. The highest BCUT2D eigenvalue weighted by Crippen LogP contribution is 2.42. The molecule has 1 aromatic carbocycles. The van der Waals surface area contributed by atoms with Crippen LogP contribution in [0.1, 0.15) is 29.9 Å². The molecule has 1 heterocycles. The van der Waals surface area contributed by atoms with Gasteiger partial charge in [0.2, 0.25) is 0 Å². The summed E-state index contributed by atoms with van der Waals surface area (Å²) in [6.07, 6.45) is 4.12. The lowest BCUT2D eigenvalue weighted by Gasteiger charge is -2.27. The molecule has 0 spiro atoms.